The number of benzene rings is 4. The lowest BCUT2D eigenvalue weighted by molar-refractivity contribution is -0.113. The first kappa shape index (κ1) is 24.5. The van der Waals surface area contributed by atoms with E-state index in [-0.39, 0.29) is 64.0 Å². The van der Waals surface area contributed by atoms with E-state index in [9.17, 15) is 14.4 Å². The summed E-state index contributed by atoms with van der Waals surface area (Å²) in [4.78, 5) is 39.6. The smallest absolute Gasteiger partial charge is 0.235 e. The number of ketones is 2. The normalized spacial score (nSPS) is 11.9. The highest BCUT2D eigenvalue weighted by Gasteiger charge is 2.35. The van der Waals surface area contributed by atoms with Gasteiger partial charge in [-0.15, -0.1) is 0 Å². The second-order valence-electron chi connectivity index (χ2n) is 8.46. The molecule has 0 aliphatic heterocycles. The Morgan fingerprint density at radius 2 is 1.27 bits per heavy atom. The SMILES string of the molecule is O=C(CBr)Nc1cc(OCc2ccccc2)c2c(c1)C(=O)c1cccc(OCc3ccccc3)c1C2=O. The summed E-state index contributed by atoms with van der Waals surface area (Å²) < 4.78 is 12.1. The first-order valence-corrected chi connectivity index (χ1v) is 12.8. The van der Waals surface area contributed by atoms with E-state index in [1.54, 1.807) is 24.3 Å². The van der Waals surface area contributed by atoms with Crippen LogP contribution >= 0.6 is 15.9 Å². The summed E-state index contributed by atoms with van der Waals surface area (Å²) in [7, 11) is 0. The lowest BCUT2D eigenvalue weighted by Crippen LogP contribution is -2.24. The Morgan fingerprint density at radius 3 is 1.89 bits per heavy atom. The van der Waals surface area contributed by atoms with Crippen LogP contribution in [0.1, 0.15) is 43.0 Å². The number of rotatable bonds is 8. The van der Waals surface area contributed by atoms with Gasteiger partial charge in [0.1, 0.15) is 24.7 Å². The van der Waals surface area contributed by atoms with E-state index in [0.717, 1.165) is 11.1 Å². The average Bonchev–Trinajstić information content (AvgIpc) is 2.94. The monoisotopic (exact) mass is 555 g/mol. The number of anilines is 1. The standard InChI is InChI=1S/C30H22BrNO5/c31-16-26(33)32-21-14-23-28(25(15-21)37-18-20-10-5-2-6-11-20)30(35)27-22(29(23)34)12-7-13-24(27)36-17-19-8-3-1-4-9-19/h1-15H,16-18H2,(H,32,33). The minimum absolute atomic E-state index is 0.0854. The molecule has 184 valence electrons. The van der Waals surface area contributed by atoms with Crippen LogP contribution in [0.5, 0.6) is 11.5 Å². The van der Waals surface area contributed by atoms with Crippen molar-refractivity contribution in [3.63, 3.8) is 0 Å². The van der Waals surface area contributed by atoms with Crippen molar-refractivity contribution < 1.29 is 23.9 Å². The Hall–Kier alpha value is -4.23. The zero-order valence-corrected chi connectivity index (χ0v) is 21.3. The zero-order valence-electron chi connectivity index (χ0n) is 19.7. The molecule has 0 spiro atoms. The summed E-state index contributed by atoms with van der Waals surface area (Å²) in [5, 5.41) is 2.82. The van der Waals surface area contributed by atoms with Gasteiger partial charge in [0.25, 0.3) is 0 Å². The number of carbonyl (C=O) groups is 3. The van der Waals surface area contributed by atoms with Gasteiger partial charge in [0.05, 0.1) is 16.5 Å². The first-order chi connectivity index (χ1) is 18.0. The Bertz CT molecular complexity index is 1490. The topological polar surface area (TPSA) is 81.7 Å². The zero-order chi connectivity index (χ0) is 25.8. The fourth-order valence-electron chi connectivity index (χ4n) is 4.22. The number of ether oxygens (including phenoxy) is 2. The van der Waals surface area contributed by atoms with Crippen LogP contribution in [0.2, 0.25) is 0 Å². The molecule has 0 aromatic heterocycles. The van der Waals surface area contributed by atoms with Crippen LogP contribution in [-0.4, -0.2) is 22.8 Å². The van der Waals surface area contributed by atoms with Gasteiger partial charge in [-0.25, -0.2) is 0 Å². The molecule has 0 saturated carbocycles. The summed E-state index contributed by atoms with van der Waals surface area (Å²) in [6.45, 7) is 0.435. The largest absolute Gasteiger partial charge is 0.488 e. The molecule has 4 aromatic rings. The highest BCUT2D eigenvalue weighted by molar-refractivity contribution is 9.09. The van der Waals surface area contributed by atoms with Crippen molar-refractivity contribution >= 4 is 39.1 Å². The molecule has 0 unspecified atom stereocenters. The van der Waals surface area contributed by atoms with Gasteiger partial charge in [-0.05, 0) is 23.3 Å². The second-order valence-corrected chi connectivity index (χ2v) is 9.02. The van der Waals surface area contributed by atoms with Crippen molar-refractivity contribution in [2.75, 3.05) is 10.6 Å². The van der Waals surface area contributed by atoms with Gasteiger partial charge in [0.2, 0.25) is 11.7 Å². The molecular formula is C30H22BrNO5. The van der Waals surface area contributed by atoms with Gasteiger partial charge in [-0.2, -0.15) is 0 Å². The highest BCUT2D eigenvalue weighted by atomic mass is 79.9. The van der Waals surface area contributed by atoms with Crippen molar-refractivity contribution in [2.45, 2.75) is 13.2 Å². The van der Waals surface area contributed by atoms with E-state index < -0.39 is 0 Å². The quantitative estimate of drug-likeness (QED) is 0.239. The lowest BCUT2D eigenvalue weighted by Gasteiger charge is -2.23. The van der Waals surface area contributed by atoms with E-state index in [0.29, 0.717) is 11.4 Å². The fraction of sp³-hybridized carbons (Fsp3) is 0.100. The molecule has 1 aliphatic carbocycles. The number of alkyl halides is 1. The molecular weight excluding hydrogens is 534 g/mol. The lowest BCUT2D eigenvalue weighted by atomic mass is 9.82. The molecule has 1 aliphatic rings. The number of carbonyl (C=O) groups excluding carboxylic acids is 3. The van der Waals surface area contributed by atoms with Crippen molar-refractivity contribution in [3.05, 3.63) is 124 Å². The van der Waals surface area contributed by atoms with Crippen LogP contribution < -0.4 is 14.8 Å². The van der Waals surface area contributed by atoms with Crippen molar-refractivity contribution in [1.29, 1.82) is 0 Å². The molecule has 1 amide bonds. The summed E-state index contributed by atoms with van der Waals surface area (Å²) in [6.07, 6.45) is 0. The van der Waals surface area contributed by atoms with Gasteiger partial charge in [0, 0.05) is 22.9 Å². The predicted octanol–water partition coefficient (Wildman–Crippen LogP) is 5.95. The Balaban J connectivity index is 1.55. The Morgan fingerprint density at radius 1 is 0.676 bits per heavy atom. The maximum absolute atomic E-state index is 13.9. The Labute approximate surface area is 222 Å². The van der Waals surface area contributed by atoms with Gasteiger partial charge in [-0.1, -0.05) is 88.7 Å². The van der Waals surface area contributed by atoms with E-state index >= 15 is 0 Å². The maximum atomic E-state index is 13.9. The molecule has 0 saturated heterocycles. The number of hydrogen-bond acceptors (Lipinski definition) is 5. The van der Waals surface area contributed by atoms with Gasteiger partial charge < -0.3 is 14.8 Å². The highest BCUT2D eigenvalue weighted by Crippen LogP contribution is 2.39. The van der Waals surface area contributed by atoms with Crippen molar-refractivity contribution in [3.8, 4) is 11.5 Å². The molecule has 0 atom stereocenters. The molecule has 0 radical (unpaired) electrons. The molecule has 4 aromatic carbocycles. The molecule has 6 nitrogen and oxygen atoms in total. The van der Waals surface area contributed by atoms with Crippen LogP contribution in [0.4, 0.5) is 5.69 Å². The number of amides is 1. The van der Waals surface area contributed by atoms with E-state index in [1.807, 2.05) is 60.7 Å². The third-order valence-electron chi connectivity index (χ3n) is 5.95. The van der Waals surface area contributed by atoms with Crippen molar-refractivity contribution in [1.82, 2.24) is 0 Å². The minimum Gasteiger partial charge on any atom is -0.488 e. The molecule has 1 N–H and O–H groups in total. The van der Waals surface area contributed by atoms with Crippen LogP contribution in [-0.2, 0) is 18.0 Å². The second kappa shape index (κ2) is 10.8. The number of halogens is 1. The first-order valence-electron chi connectivity index (χ1n) is 11.6. The van der Waals surface area contributed by atoms with Crippen LogP contribution in [0, 0.1) is 0 Å². The molecule has 7 heteroatoms. The molecule has 0 bridgehead atoms. The van der Waals surface area contributed by atoms with Crippen LogP contribution in [0.25, 0.3) is 0 Å². The summed E-state index contributed by atoms with van der Waals surface area (Å²) in [5.74, 6) is -0.450. The third kappa shape index (κ3) is 5.17. The van der Waals surface area contributed by atoms with Gasteiger partial charge in [0.15, 0.2) is 5.78 Å². The van der Waals surface area contributed by atoms with Gasteiger partial charge in [-0.3, -0.25) is 14.4 Å². The summed E-state index contributed by atoms with van der Waals surface area (Å²) in [5.41, 5.74) is 2.99. The van der Waals surface area contributed by atoms with E-state index in [1.165, 1.54) is 6.07 Å². The number of fused-ring (bicyclic) bond motifs is 2. The van der Waals surface area contributed by atoms with Crippen LogP contribution in [0.15, 0.2) is 91.0 Å². The van der Waals surface area contributed by atoms with Crippen LogP contribution in [0.3, 0.4) is 0 Å². The Kier molecular flexibility index (Phi) is 7.14. The third-order valence-corrected chi connectivity index (χ3v) is 6.46. The minimum atomic E-state index is -0.366. The molecule has 5 rings (SSSR count). The average molecular weight is 556 g/mol. The van der Waals surface area contributed by atoms with E-state index in [2.05, 4.69) is 21.2 Å². The maximum Gasteiger partial charge on any atom is 0.235 e. The van der Waals surface area contributed by atoms with Crippen molar-refractivity contribution in [2.24, 2.45) is 0 Å². The summed E-state index contributed by atoms with van der Waals surface area (Å²) in [6, 6.07) is 27.2. The van der Waals surface area contributed by atoms with E-state index in [4.69, 9.17) is 9.47 Å². The predicted molar refractivity (Wildman–Crippen MR) is 144 cm³/mol. The molecule has 37 heavy (non-hydrogen) atoms. The fourth-order valence-corrected chi connectivity index (χ4v) is 4.36. The number of nitrogens with one attached hydrogen (secondary N) is 1. The number of hydrogen-bond donors (Lipinski definition) is 1. The molecule has 0 heterocycles. The van der Waals surface area contributed by atoms with Gasteiger partial charge >= 0.3 is 0 Å². The molecule has 0 fully saturated rings. The summed E-state index contributed by atoms with van der Waals surface area (Å²) >= 11 is 3.13.